The van der Waals surface area contributed by atoms with Crippen LogP contribution >= 0.6 is 0 Å². The maximum atomic E-state index is 8.91. The first-order chi connectivity index (χ1) is 10.7. The molecule has 0 saturated carbocycles. The number of rotatable bonds is 2. The fraction of sp³-hybridized carbons (Fsp3) is 0.350. The van der Waals surface area contributed by atoms with Crippen molar-refractivity contribution in [3.63, 3.8) is 0 Å². The number of hydrogen-bond acceptors (Lipinski definition) is 2. The van der Waals surface area contributed by atoms with Crippen molar-refractivity contribution >= 4 is 0 Å². The van der Waals surface area contributed by atoms with E-state index in [1.807, 2.05) is 12.1 Å². The van der Waals surface area contributed by atoms with Gasteiger partial charge in [-0.3, -0.25) is 4.90 Å². The van der Waals surface area contributed by atoms with Gasteiger partial charge in [-0.2, -0.15) is 5.26 Å². The van der Waals surface area contributed by atoms with Crippen LogP contribution in [0.5, 0.6) is 0 Å². The number of benzene rings is 2. The van der Waals surface area contributed by atoms with Gasteiger partial charge in [-0.15, -0.1) is 0 Å². The van der Waals surface area contributed by atoms with Gasteiger partial charge in [-0.1, -0.05) is 42.0 Å². The first kappa shape index (κ1) is 14.8. The lowest BCUT2D eigenvalue weighted by molar-refractivity contribution is 0.168. The highest BCUT2D eigenvalue weighted by molar-refractivity contribution is 5.33. The number of hydrogen-bond donors (Lipinski definition) is 0. The average Bonchev–Trinajstić information content (AvgIpc) is 2.56. The molecular formula is C20H22N2. The molecule has 2 aromatic rings. The summed E-state index contributed by atoms with van der Waals surface area (Å²) < 4.78 is 0. The topological polar surface area (TPSA) is 27.0 Å². The third-order valence-electron chi connectivity index (χ3n) is 4.80. The third kappa shape index (κ3) is 3.05. The highest BCUT2D eigenvalue weighted by atomic mass is 15.1. The molecule has 0 N–H and O–H groups in total. The molecule has 1 heterocycles. The van der Waals surface area contributed by atoms with Gasteiger partial charge in [-0.25, -0.2) is 0 Å². The maximum Gasteiger partial charge on any atom is 0.0991 e. The summed E-state index contributed by atoms with van der Waals surface area (Å²) in [5.74, 6) is 0.625. The maximum absolute atomic E-state index is 8.91. The molecule has 0 radical (unpaired) electrons. The zero-order valence-corrected chi connectivity index (χ0v) is 13.3. The Morgan fingerprint density at radius 1 is 0.955 bits per heavy atom. The second kappa shape index (κ2) is 6.34. The number of nitrogens with zero attached hydrogens (tertiary/aromatic N) is 2. The van der Waals surface area contributed by atoms with Crippen LogP contribution in [0, 0.1) is 18.3 Å². The van der Waals surface area contributed by atoms with Crippen LogP contribution in [-0.2, 0) is 0 Å². The Hall–Kier alpha value is -2.11. The van der Waals surface area contributed by atoms with Crippen molar-refractivity contribution in [1.82, 2.24) is 4.90 Å². The van der Waals surface area contributed by atoms with Crippen LogP contribution in [0.25, 0.3) is 0 Å². The largest absolute Gasteiger partial charge is 0.299 e. The van der Waals surface area contributed by atoms with Gasteiger partial charge in [0.1, 0.15) is 0 Å². The summed E-state index contributed by atoms with van der Waals surface area (Å²) in [6.45, 7) is 3.23. The Labute approximate surface area is 133 Å². The Morgan fingerprint density at radius 2 is 1.59 bits per heavy atom. The summed E-state index contributed by atoms with van der Waals surface area (Å²) in [4.78, 5) is 2.45. The van der Waals surface area contributed by atoms with Gasteiger partial charge in [0.2, 0.25) is 0 Å². The van der Waals surface area contributed by atoms with Gasteiger partial charge in [0.25, 0.3) is 0 Å². The molecule has 2 aromatic carbocycles. The Bertz CT molecular complexity index is 664. The molecule has 2 atom stereocenters. The van der Waals surface area contributed by atoms with Crippen LogP contribution in [0.15, 0.2) is 48.5 Å². The molecule has 1 aliphatic heterocycles. The molecule has 2 nitrogen and oxygen atoms in total. The minimum atomic E-state index is 0.467. The van der Waals surface area contributed by atoms with Crippen molar-refractivity contribution in [3.8, 4) is 6.07 Å². The van der Waals surface area contributed by atoms with Gasteiger partial charge in [0, 0.05) is 12.6 Å². The number of likely N-dealkylation sites (tertiary alicyclic amines) is 1. The zero-order chi connectivity index (χ0) is 15.5. The van der Waals surface area contributed by atoms with Crippen LogP contribution in [0.1, 0.15) is 47.1 Å². The molecule has 0 spiro atoms. The monoisotopic (exact) mass is 290 g/mol. The van der Waals surface area contributed by atoms with E-state index < -0.39 is 0 Å². The molecule has 22 heavy (non-hydrogen) atoms. The van der Waals surface area contributed by atoms with E-state index in [4.69, 9.17) is 5.26 Å². The summed E-state index contributed by atoms with van der Waals surface area (Å²) in [5.41, 5.74) is 4.84. The van der Waals surface area contributed by atoms with Crippen LogP contribution in [-0.4, -0.2) is 18.5 Å². The molecule has 0 bridgehead atoms. The van der Waals surface area contributed by atoms with Crippen molar-refractivity contribution < 1.29 is 0 Å². The fourth-order valence-corrected chi connectivity index (χ4v) is 3.46. The number of likely N-dealkylation sites (N-methyl/N-ethyl adjacent to an activating group) is 1. The highest BCUT2D eigenvalue weighted by Crippen LogP contribution is 2.36. The molecule has 0 amide bonds. The summed E-state index contributed by atoms with van der Waals surface area (Å²) in [7, 11) is 2.21. The van der Waals surface area contributed by atoms with Crippen molar-refractivity contribution in [2.45, 2.75) is 31.7 Å². The van der Waals surface area contributed by atoms with Crippen LogP contribution in [0.4, 0.5) is 0 Å². The van der Waals surface area contributed by atoms with E-state index in [1.54, 1.807) is 0 Å². The molecule has 1 fully saturated rings. The quantitative estimate of drug-likeness (QED) is 0.818. The number of nitriles is 1. The molecular weight excluding hydrogens is 268 g/mol. The van der Waals surface area contributed by atoms with Crippen molar-refractivity contribution in [1.29, 1.82) is 5.26 Å². The third-order valence-corrected chi connectivity index (χ3v) is 4.80. The van der Waals surface area contributed by atoms with Gasteiger partial charge in [-0.05, 0) is 56.0 Å². The van der Waals surface area contributed by atoms with E-state index in [0.29, 0.717) is 12.0 Å². The molecule has 1 aliphatic rings. The molecule has 0 aliphatic carbocycles. The summed E-state index contributed by atoms with van der Waals surface area (Å²) in [6.07, 6.45) is 2.39. The lowest BCUT2D eigenvalue weighted by Gasteiger charge is -2.37. The standard InChI is InChI=1S/C20H22N2/c1-15-3-7-17(8-4-15)19-11-12-20(22(2)14-19)18-9-5-16(13-21)6-10-18/h3-10,19-20H,11-12,14H2,1-2H3. The second-order valence-corrected chi connectivity index (χ2v) is 6.37. The molecule has 3 rings (SSSR count). The zero-order valence-electron chi connectivity index (χ0n) is 13.3. The predicted molar refractivity (Wildman–Crippen MR) is 89.7 cm³/mol. The Balaban J connectivity index is 1.71. The first-order valence-corrected chi connectivity index (χ1v) is 7.94. The van der Waals surface area contributed by atoms with E-state index in [2.05, 4.69) is 61.3 Å². The first-order valence-electron chi connectivity index (χ1n) is 7.94. The lowest BCUT2D eigenvalue weighted by Crippen LogP contribution is -2.34. The molecule has 1 saturated heterocycles. The lowest BCUT2D eigenvalue weighted by atomic mass is 9.85. The average molecular weight is 290 g/mol. The minimum Gasteiger partial charge on any atom is -0.299 e. The van der Waals surface area contributed by atoms with E-state index in [0.717, 1.165) is 12.1 Å². The van der Waals surface area contributed by atoms with Crippen LogP contribution < -0.4 is 0 Å². The second-order valence-electron chi connectivity index (χ2n) is 6.37. The van der Waals surface area contributed by atoms with Gasteiger partial charge in [0.05, 0.1) is 11.6 Å². The van der Waals surface area contributed by atoms with E-state index in [-0.39, 0.29) is 0 Å². The van der Waals surface area contributed by atoms with Crippen molar-refractivity contribution in [3.05, 3.63) is 70.8 Å². The summed E-state index contributed by atoms with van der Waals surface area (Å²) in [6, 6.07) is 19.7. The fourth-order valence-electron chi connectivity index (χ4n) is 3.46. The van der Waals surface area contributed by atoms with Crippen LogP contribution in [0.2, 0.25) is 0 Å². The normalized spacial score (nSPS) is 22.2. The van der Waals surface area contributed by atoms with Crippen molar-refractivity contribution in [2.24, 2.45) is 0 Å². The predicted octanol–water partition coefficient (Wildman–Crippen LogP) is 4.42. The molecule has 112 valence electrons. The summed E-state index contributed by atoms with van der Waals surface area (Å²) in [5, 5.41) is 8.91. The Morgan fingerprint density at radius 3 is 2.18 bits per heavy atom. The van der Waals surface area contributed by atoms with E-state index in [1.165, 1.54) is 29.5 Å². The number of piperidine rings is 1. The highest BCUT2D eigenvalue weighted by Gasteiger charge is 2.27. The van der Waals surface area contributed by atoms with E-state index in [9.17, 15) is 0 Å². The van der Waals surface area contributed by atoms with E-state index >= 15 is 0 Å². The molecule has 0 aromatic heterocycles. The van der Waals surface area contributed by atoms with Gasteiger partial charge < -0.3 is 0 Å². The van der Waals surface area contributed by atoms with Crippen molar-refractivity contribution in [2.75, 3.05) is 13.6 Å². The minimum absolute atomic E-state index is 0.467. The number of aryl methyl sites for hydroxylation is 1. The Kier molecular flexibility index (Phi) is 4.27. The van der Waals surface area contributed by atoms with Gasteiger partial charge in [0.15, 0.2) is 0 Å². The molecule has 2 unspecified atom stereocenters. The van der Waals surface area contributed by atoms with Gasteiger partial charge >= 0.3 is 0 Å². The van der Waals surface area contributed by atoms with Crippen LogP contribution in [0.3, 0.4) is 0 Å². The smallest absolute Gasteiger partial charge is 0.0991 e. The SMILES string of the molecule is Cc1ccc(C2CCC(c3ccc(C#N)cc3)N(C)C2)cc1. The summed E-state index contributed by atoms with van der Waals surface area (Å²) >= 11 is 0. The molecule has 2 heteroatoms.